The topological polar surface area (TPSA) is 117 Å². The molecule has 0 saturated heterocycles. The summed E-state index contributed by atoms with van der Waals surface area (Å²) in [6.45, 7) is 5.74. The average molecular weight is 380 g/mol. The van der Waals surface area contributed by atoms with Crippen LogP contribution in [0.4, 0.5) is 4.79 Å². The van der Waals surface area contributed by atoms with Gasteiger partial charge in [-0.25, -0.2) is 9.59 Å². The van der Waals surface area contributed by atoms with E-state index in [4.69, 9.17) is 19.9 Å². The Labute approximate surface area is 159 Å². The van der Waals surface area contributed by atoms with Crippen molar-refractivity contribution in [1.82, 2.24) is 5.32 Å². The SMILES string of the molecule is CC(C)(C)OC(=O)NCCCCCC(=O)OC(=O)c1ccccc1OCN. The van der Waals surface area contributed by atoms with Gasteiger partial charge in [-0.2, -0.15) is 0 Å². The van der Waals surface area contributed by atoms with Gasteiger partial charge in [0.15, 0.2) is 0 Å². The number of unbranched alkanes of at least 4 members (excludes halogenated alkanes) is 2. The maximum absolute atomic E-state index is 12.0. The first-order chi connectivity index (χ1) is 12.7. The quantitative estimate of drug-likeness (QED) is 0.293. The van der Waals surface area contributed by atoms with Crippen LogP contribution in [0.25, 0.3) is 0 Å². The smallest absolute Gasteiger partial charge is 0.407 e. The standard InChI is InChI=1S/C19H28N2O6/c1-19(2,3)27-18(24)21-12-8-4-5-11-16(22)26-17(23)14-9-6-7-10-15(14)25-13-20/h6-7,9-10H,4-5,8,11-13,20H2,1-3H3,(H,21,24). The fourth-order valence-electron chi connectivity index (χ4n) is 2.14. The maximum Gasteiger partial charge on any atom is 0.407 e. The van der Waals surface area contributed by atoms with E-state index in [1.54, 1.807) is 39.0 Å². The van der Waals surface area contributed by atoms with Crippen molar-refractivity contribution in [3.05, 3.63) is 29.8 Å². The van der Waals surface area contributed by atoms with Crippen LogP contribution < -0.4 is 15.8 Å². The zero-order valence-corrected chi connectivity index (χ0v) is 16.1. The summed E-state index contributed by atoms with van der Waals surface area (Å²) in [5.41, 5.74) is 4.93. The third-order valence-electron chi connectivity index (χ3n) is 3.28. The molecule has 0 saturated carbocycles. The molecule has 1 aromatic rings. The van der Waals surface area contributed by atoms with Crippen molar-refractivity contribution < 1.29 is 28.6 Å². The number of ether oxygens (including phenoxy) is 3. The number of rotatable bonds is 9. The van der Waals surface area contributed by atoms with E-state index in [1.165, 1.54) is 6.07 Å². The van der Waals surface area contributed by atoms with E-state index in [0.717, 1.165) is 0 Å². The Morgan fingerprint density at radius 1 is 1.07 bits per heavy atom. The summed E-state index contributed by atoms with van der Waals surface area (Å²) < 4.78 is 15.1. The van der Waals surface area contributed by atoms with Crippen molar-refractivity contribution in [1.29, 1.82) is 0 Å². The third-order valence-corrected chi connectivity index (χ3v) is 3.28. The van der Waals surface area contributed by atoms with Crippen molar-refractivity contribution >= 4 is 18.0 Å². The van der Waals surface area contributed by atoms with Gasteiger partial charge in [0.1, 0.15) is 23.6 Å². The van der Waals surface area contributed by atoms with Gasteiger partial charge >= 0.3 is 18.0 Å². The summed E-state index contributed by atoms with van der Waals surface area (Å²) in [7, 11) is 0. The van der Waals surface area contributed by atoms with Gasteiger partial charge in [-0.05, 0) is 45.7 Å². The molecule has 1 aromatic carbocycles. The summed E-state index contributed by atoms with van der Waals surface area (Å²) in [6, 6.07) is 6.41. The Balaban J connectivity index is 2.24. The molecule has 0 radical (unpaired) electrons. The van der Waals surface area contributed by atoms with Crippen LogP contribution in [-0.4, -0.2) is 36.9 Å². The Kier molecular flexibility index (Phi) is 9.29. The number of hydrogen-bond acceptors (Lipinski definition) is 7. The molecule has 0 spiro atoms. The molecule has 3 N–H and O–H groups in total. The molecule has 27 heavy (non-hydrogen) atoms. The van der Waals surface area contributed by atoms with Gasteiger partial charge in [-0.3, -0.25) is 10.5 Å². The van der Waals surface area contributed by atoms with Gasteiger partial charge in [0, 0.05) is 13.0 Å². The molecule has 0 bridgehead atoms. The van der Waals surface area contributed by atoms with Crippen LogP contribution in [0, 0.1) is 0 Å². The lowest BCUT2D eigenvalue weighted by atomic mass is 10.2. The van der Waals surface area contributed by atoms with Crippen LogP contribution in [-0.2, 0) is 14.3 Å². The molecule has 8 heteroatoms. The predicted molar refractivity (Wildman–Crippen MR) is 99.3 cm³/mol. The van der Waals surface area contributed by atoms with Crippen molar-refractivity contribution in [2.75, 3.05) is 13.3 Å². The normalized spacial score (nSPS) is 10.8. The molecule has 8 nitrogen and oxygen atoms in total. The van der Waals surface area contributed by atoms with Crippen molar-refractivity contribution in [3.8, 4) is 5.75 Å². The predicted octanol–water partition coefficient (Wildman–Crippen LogP) is 2.75. The molecule has 150 valence electrons. The highest BCUT2D eigenvalue weighted by Crippen LogP contribution is 2.19. The average Bonchev–Trinajstić information content (AvgIpc) is 2.57. The van der Waals surface area contributed by atoms with Crippen LogP contribution in [0.5, 0.6) is 5.75 Å². The molecule has 0 fully saturated rings. The number of benzene rings is 1. The molecular formula is C19H28N2O6. The Bertz CT molecular complexity index is 639. The van der Waals surface area contributed by atoms with Crippen LogP contribution in [0.15, 0.2) is 24.3 Å². The Hall–Kier alpha value is -2.61. The first-order valence-corrected chi connectivity index (χ1v) is 8.86. The zero-order chi connectivity index (χ0) is 20.3. The molecule has 0 aliphatic carbocycles. The zero-order valence-electron chi connectivity index (χ0n) is 16.1. The van der Waals surface area contributed by atoms with Gasteiger partial charge in [-0.15, -0.1) is 0 Å². The number of amides is 1. The number of esters is 2. The molecule has 0 aliphatic heterocycles. The minimum Gasteiger partial charge on any atom is -0.478 e. The third kappa shape index (κ3) is 9.60. The lowest BCUT2D eigenvalue weighted by molar-refractivity contribution is -0.138. The summed E-state index contributed by atoms with van der Waals surface area (Å²) in [4.78, 5) is 35.3. The van der Waals surface area contributed by atoms with Crippen molar-refractivity contribution in [2.24, 2.45) is 5.73 Å². The number of alkyl carbamates (subject to hydrolysis) is 1. The van der Waals surface area contributed by atoms with Gasteiger partial charge in [0.2, 0.25) is 0 Å². The van der Waals surface area contributed by atoms with E-state index in [2.05, 4.69) is 5.32 Å². The van der Waals surface area contributed by atoms with E-state index < -0.39 is 23.6 Å². The largest absolute Gasteiger partial charge is 0.478 e. The molecule has 0 unspecified atom stereocenters. The lowest BCUT2D eigenvalue weighted by Gasteiger charge is -2.19. The van der Waals surface area contributed by atoms with E-state index >= 15 is 0 Å². The highest BCUT2D eigenvalue weighted by molar-refractivity contribution is 5.98. The van der Waals surface area contributed by atoms with E-state index in [9.17, 15) is 14.4 Å². The highest BCUT2D eigenvalue weighted by Gasteiger charge is 2.17. The van der Waals surface area contributed by atoms with Crippen LogP contribution in [0.3, 0.4) is 0 Å². The molecular weight excluding hydrogens is 352 g/mol. The van der Waals surface area contributed by atoms with Gasteiger partial charge < -0.3 is 19.5 Å². The second-order valence-electron chi connectivity index (χ2n) is 6.81. The fraction of sp³-hybridized carbons (Fsp3) is 0.526. The van der Waals surface area contributed by atoms with Crippen LogP contribution >= 0.6 is 0 Å². The molecule has 1 rings (SSSR count). The van der Waals surface area contributed by atoms with Crippen LogP contribution in [0.2, 0.25) is 0 Å². The summed E-state index contributed by atoms with van der Waals surface area (Å²) >= 11 is 0. The second-order valence-corrected chi connectivity index (χ2v) is 6.81. The number of hydrogen-bond donors (Lipinski definition) is 2. The number of carbonyl (C=O) groups is 3. The van der Waals surface area contributed by atoms with Crippen molar-refractivity contribution in [3.63, 3.8) is 0 Å². The monoisotopic (exact) mass is 380 g/mol. The lowest BCUT2D eigenvalue weighted by Crippen LogP contribution is -2.33. The minimum absolute atomic E-state index is 0.0877. The Morgan fingerprint density at radius 2 is 1.78 bits per heavy atom. The highest BCUT2D eigenvalue weighted by atomic mass is 16.6. The fourth-order valence-corrected chi connectivity index (χ4v) is 2.14. The minimum atomic E-state index is -0.768. The number of para-hydroxylation sites is 1. The summed E-state index contributed by atoms with van der Waals surface area (Å²) in [6.07, 6.45) is 1.58. The summed E-state index contributed by atoms with van der Waals surface area (Å²) in [5, 5.41) is 2.64. The van der Waals surface area contributed by atoms with E-state index in [0.29, 0.717) is 25.8 Å². The second kappa shape index (κ2) is 11.2. The molecule has 0 atom stereocenters. The van der Waals surface area contributed by atoms with Crippen molar-refractivity contribution in [2.45, 2.75) is 52.1 Å². The first kappa shape index (κ1) is 22.4. The Morgan fingerprint density at radius 3 is 2.44 bits per heavy atom. The molecule has 0 aromatic heterocycles. The van der Waals surface area contributed by atoms with Gasteiger partial charge in [0.25, 0.3) is 0 Å². The number of nitrogens with one attached hydrogen (secondary N) is 1. The first-order valence-electron chi connectivity index (χ1n) is 8.86. The molecule has 1 amide bonds. The maximum atomic E-state index is 12.0. The number of carbonyl (C=O) groups excluding carboxylic acids is 3. The molecule has 0 heterocycles. The molecule has 0 aliphatic rings. The van der Waals surface area contributed by atoms with Gasteiger partial charge in [-0.1, -0.05) is 18.6 Å². The summed E-state index contributed by atoms with van der Waals surface area (Å²) in [5.74, 6) is -1.11. The van der Waals surface area contributed by atoms with E-state index in [1.807, 2.05) is 0 Å². The van der Waals surface area contributed by atoms with E-state index in [-0.39, 0.29) is 24.5 Å². The van der Waals surface area contributed by atoms with Gasteiger partial charge in [0.05, 0.1) is 0 Å². The van der Waals surface area contributed by atoms with Crippen LogP contribution in [0.1, 0.15) is 56.8 Å². The number of nitrogens with two attached hydrogens (primary N) is 1.